The maximum Gasteiger partial charge on any atom is 0.417 e. The molecule has 1 aromatic heterocycles. The average Bonchev–Trinajstić information content (AvgIpc) is 2.95. The van der Waals surface area contributed by atoms with E-state index in [9.17, 15) is 23.1 Å². The van der Waals surface area contributed by atoms with Gasteiger partial charge in [0.1, 0.15) is 5.75 Å². The van der Waals surface area contributed by atoms with E-state index in [2.05, 4.69) is 0 Å². The van der Waals surface area contributed by atoms with Gasteiger partial charge in [0.25, 0.3) is 0 Å². The number of methoxy groups -OCH3 is 1. The van der Waals surface area contributed by atoms with Gasteiger partial charge in [0.2, 0.25) is 0 Å². The third-order valence-corrected chi connectivity index (χ3v) is 4.68. The Bertz CT molecular complexity index is 1080. The Hall–Kier alpha value is -2.87. The van der Waals surface area contributed by atoms with E-state index in [1.54, 1.807) is 13.0 Å². The number of phenols is 1. The number of hydrogen-bond acceptors (Lipinski definition) is 4. The normalized spacial score (nSPS) is 11.7. The first-order valence-electron chi connectivity index (χ1n) is 8.59. The van der Waals surface area contributed by atoms with Gasteiger partial charge in [-0.25, -0.2) is 4.79 Å². The smallest absolute Gasteiger partial charge is 0.417 e. The highest BCUT2D eigenvalue weighted by Crippen LogP contribution is 2.38. The first kappa shape index (κ1) is 20.9. The molecule has 0 amide bonds. The maximum atomic E-state index is 13.2. The summed E-state index contributed by atoms with van der Waals surface area (Å²) in [4.78, 5) is 12.6. The molecule has 3 rings (SSSR count). The maximum absolute atomic E-state index is 13.2. The summed E-state index contributed by atoms with van der Waals surface area (Å²) >= 11 is 5.70. The van der Waals surface area contributed by atoms with Crippen LogP contribution in [0.1, 0.15) is 28.5 Å². The quantitative estimate of drug-likeness (QED) is 0.565. The molecule has 0 aliphatic rings. The number of aromatic hydroxyl groups is 1. The number of fused-ring (bicyclic) bond motifs is 1. The molecule has 0 saturated heterocycles. The van der Waals surface area contributed by atoms with Crippen LogP contribution in [0.25, 0.3) is 10.9 Å². The van der Waals surface area contributed by atoms with Gasteiger partial charge in [-0.1, -0.05) is 17.7 Å². The molecule has 3 aromatic rings. The first-order valence-corrected chi connectivity index (χ1v) is 8.97. The van der Waals surface area contributed by atoms with Gasteiger partial charge in [-0.3, -0.25) is 0 Å². The number of benzene rings is 2. The molecule has 0 bridgehead atoms. The van der Waals surface area contributed by atoms with Gasteiger partial charge in [0, 0.05) is 11.9 Å². The summed E-state index contributed by atoms with van der Waals surface area (Å²) < 4.78 is 51.6. The van der Waals surface area contributed by atoms with Crippen molar-refractivity contribution in [2.24, 2.45) is 0 Å². The van der Waals surface area contributed by atoms with Crippen molar-refractivity contribution >= 4 is 28.5 Å². The second kappa shape index (κ2) is 7.87. The van der Waals surface area contributed by atoms with Crippen molar-refractivity contribution in [3.05, 3.63) is 58.2 Å². The number of nitrogens with zero attached hydrogens (tertiary/aromatic N) is 1. The van der Waals surface area contributed by atoms with Gasteiger partial charge in [0.15, 0.2) is 11.4 Å². The molecular formula is C20H17ClF3NO4. The first-order chi connectivity index (χ1) is 13.7. The van der Waals surface area contributed by atoms with Crippen molar-refractivity contribution in [1.29, 1.82) is 0 Å². The molecule has 29 heavy (non-hydrogen) atoms. The van der Waals surface area contributed by atoms with E-state index in [1.165, 1.54) is 35.9 Å². The fraction of sp³-hybridized carbons (Fsp3) is 0.250. The van der Waals surface area contributed by atoms with Gasteiger partial charge >= 0.3 is 12.1 Å². The Kier molecular flexibility index (Phi) is 5.66. The third-order valence-electron chi connectivity index (χ3n) is 4.35. The Morgan fingerprint density at radius 2 is 1.93 bits per heavy atom. The van der Waals surface area contributed by atoms with Crippen molar-refractivity contribution < 1.29 is 32.5 Å². The van der Waals surface area contributed by atoms with Gasteiger partial charge in [0.05, 0.1) is 29.8 Å². The minimum absolute atomic E-state index is 0.0402. The minimum Gasteiger partial charge on any atom is -0.508 e. The van der Waals surface area contributed by atoms with Gasteiger partial charge < -0.3 is 19.1 Å². The number of halogens is 4. The largest absolute Gasteiger partial charge is 0.508 e. The van der Waals surface area contributed by atoms with Crippen LogP contribution in [0.2, 0.25) is 5.02 Å². The molecule has 0 aliphatic carbocycles. The molecule has 0 aliphatic heterocycles. The summed E-state index contributed by atoms with van der Waals surface area (Å²) in [6.45, 7) is 1.67. The lowest BCUT2D eigenvalue weighted by atomic mass is 10.1. The van der Waals surface area contributed by atoms with E-state index < -0.39 is 22.7 Å². The van der Waals surface area contributed by atoms with Gasteiger partial charge in [-0.15, -0.1) is 0 Å². The van der Waals surface area contributed by atoms with Crippen molar-refractivity contribution in [3.63, 3.8) is 0 Å². The number of ether oxygens (including phenoxy) is 2. The molecule has 0 fully saturated rings. The van der Waals surface area contributed by atoms with Crippen molar-refractivity contribution in [1.82, 2.24) is 4.57 Å². The molecule has 5 nitrogen and oxygen atoms in total. The number of alkyl halides is 3. The summed E-state index contributed by atoms with van der Waals surface area (Å²) in [6.07, 6.45) is -4.61. The van der Waals surface area contributed by atoms with Gasteiger partial charge in [-0.05, 0) is 42.8 Å². The zero-order valence-corrected chi connectivity index (χ0v) is 16.3. The molecule has 1 heterocycles. The predicted octanol–water partition coefficient (Wildman–Crippen LogP) is 5.25. The third kappa shape index (κ3) is 3.98. The van der Waals surface area contributed by atoms with Crippen LogP contribution in [-0.2, 0) is 17.5 Å². The number of esters is 1. The van der Waals surface area contributed by atoms with Crippen LogP contribution in [0.5, 0.6) is 11.5 Å². The number of rotatable bonds is 5. The summed E-state index contributed by atoms with van der Waals surface area (Å²) in [5, 5.41) is 9.84. The van der Waals surface area contributed by atoms with Crippen molar-refractivity contribution in [3.8, 4) is 11.5 Å². The Morgan fingerprint density at radius 3 is 2.55 bits per heavy atom. The van der Waals surface area contributed by atoms with E-state index in [-0.39, 0.29) is 35.9 Å². The topological polar surface area (TPSA) is 60.7 Å². The summed E-state index contributed by atoms with van der Waals surface area (Å²) in [7, 11) is 1.36. The lowest BCUT2D eigenvalue weighted by molar-refractivity contribution is -0.137. The van der Waals surface area contributed by atoms with E-state index in [0.29, 0.717) is 10.9 Å². The number of carbonyl (C=O) groups is 1. The lowest BCUT2D eigenvalue weighted by Crippen LogP contribution is -2.14. The Morgan fingerprint density at radius 1 is 1.21 bits per heavy atom. The summed E-state index contributed by atoms with van der Waals surface area (Å²) in [5.74, 6) is -0.571. The summed E-state index contributed by atoms with van der Waals surface area (Å²) in [6, 6.07) is 7.93. The number of carbonyl (C=O) groups excluding carboxylic acids is 1. The highest BCUT2D eigenvalue weighted by atomic mass is 35.5. The molecule has 9 heteroatoms. The van der Waals surface area contributed by atoms with Crippen LogP contribution in [0, 0.1) is 0 Å². The number of aromatic nitrogens is 1. The molecule has 2 aromatic carbocycles. The Balaban J connectivity index is 2.21. The second-order valence-corrected chi connectivity index (χ2v) is 6.61. The Labute approximate surface area is 169 Å². The van der Waals surface area contributed by atoms with Gasteiger partial charge in [-0.2, -0.15) is 13.2 Å². The van der Waals surface area contributed by atoms with Crippen LogP contribution in [-0.4, -0.2) is 29.4 Å². The van der Waals surface area contributed by atoms with E-state index in [1.807, 2.05) is 0 Å². The fourth-order valence-corrected chi connectivity index (χ4v) is 3.38. The van der Waals surface area contributed by atoms with Crippen molar-refractivity contribution in [2.45, 2.75) is 19.6 Å². The molecule has 0 saturated carbocycles. The highest BCUT2D eigenvalue weighted by molar-refractivity contribution is 6.31. The standard InChI is InChI=1S/C20H17ClF3NO4/c1-3-29-19(27)17-18(28-2)13-9-12(26)5-7-16(13)25(17)10-11-4-6-15(21)14(8-11)20(22,23)24/h4-9,26H,3,10H2,1-2H3. The SMILES string of the molecule is CCOC(=O)c1c(OC)c2cc(O)ccc2n1Cc1ccc(Cl)c(C(F)(F)F)c1. The van der Waals surface area contributed by atoms with Crippen LogP contribution < -0.4 is 4.74 Å². The molecule has 0 atom stereocenters. The van der Waals surface area contributed by atoms with Crippen LogP contribution in [0.4, 0.5) is 13.2 Å². The lowest BCUT2D eigenvalue weighted by Gasteiger charge is -2.14. The fourth-order valence-electron chi connectivity index (χ4n) is 3.16. The predicted molar refractivity (Wildman–Crippen MR) is 102 cm³/mol. The van der Waals surface area contributed by atoms with Crippen molar-refractivity contribution in [2.75, 3.05) is 13.7 Å². The second-order valence-electron chi connectivity index (χ2n) is 6.20. The number of hydrogen-bond donors (Lipinski definition) is 1. The molecule has 1 N–H and O–H groups in total. The average molecular weight is 428 g/mol. The van der Waals surface area contributed by atoms with Crippen LogP contribution in [0.3, 0.4) is 0 Å². The van der Waals surface area contributed by atoms with E-state index in [4.69, 9.17) is 21.1 Å². The molecular weight excluding hydrogens is 411 g/mol. The zero-order valence-electron chi connectivity index (χ0n) is 15.5. The van der Waals surface area contributed by atoms with E-state index >= 15 is 0 Å². The zero-order chi connectivity index (χ0) is 21.3. The summed E-state index contributed by atoms with van der Waals surface area (Å²) in [5.41, 5.74) is -0.153. The molecule has 154 valence electrons. The molecule has 0 radical (unpaired) electrons. The van der Waals surface area contributed by atoms with E-state index in [0.717, 1.165) is 6.07 Å². The molecule has 0 unspecified atom stereocenters. The minimum atomic E-state index is -4.61. The molecule has 0 spiro atoms. The van der Waals surface area contributed by atoms with Crippen LogP contribution >= 0.6 is 11.6 Å². The number of phenolic OH excluding ortho intramolecular Hbond substituents is 1. The monoisotopic (exact) mass is 427 g/mol. The highest BCUT2D eigenvalue weighted by Gasteiger charge is 2.33. The van der Waals surface area contributed by atoms with Crippen LogP contribution in [0.15, 0.2) is 36.4 Å².